The molecule has 5 nitrogen and oxygen atoms in total. The lowest BCUT2D eigenvalue weighted by atomic mass is 10.1. The smallest absolute Gasteiger partial charge is 0.407 e. The molecule has 2 N–H and O–H groups in total. The van der Waals surface area contributed by atoms with Gasteiger partial charge in [0, 0.05) is 25.2 Å². The maximum Gasteiger partial charge on any atom is 0.407 e. The van der Waals surface area contributed by atoms with Crippen LogP contribution in [0.3, 0.4) is 0 Å². The molecule has 0 aromatic rings. The molecule has 0 aromatic heterocycles. The normalized spacial score (nSPS) is 25.5. The number of carbonyl (C=O) groups is 1. The zero-order valence-electron chi connectivity index (χ0n) is 13.2. The number of ether oxygens (including phenoxy) is 1. The van der Waals surface area contributed by atoms with Crippen LogP contribution in [-0.4, -0.2) is 55.4 Å². The van der Waals surface area contributed by atoms with Crippen molar-refractivity contribution >= 4 is 6.09 Å². The molecule has 20 heavy (non-hydrogen) atoms. The quantitative estimate of drug-likeness (QED) is 0.804. The molecule has 2 rings (SSSR count). The van der Waals surface area contributed by atoms with Gasteiger partial charge in [-0.3, -0.25) is 0 Å². The minimum absolute atomic E-state index is 0.312. The highest BCUT2D eigenvalue weighted by molar-refractivity contribution is 5.67. The standard InChI is InChI=1S/C15H29N3O2/c1-15(2,3)20-14(19)16-9-13(11-5-6-11)17-12-7-8-18(4)10-12/h11-13,17H,5-10H2,1-4H3,(H,16,19). The number of amides is 1. The fourth-order valence-electron chi connectivity index (χ4n) is 2.74. The third-order valence-corrected chi connectivity index (χ3v) is 3.90. The minimum Gasteiger partial charge on any atom is -0.444 e. The molecule has 1 aliphatic heterocycles. The van der Waals surface area contributed by atoms with Gasteiger partial charge in [0.2, 0.25) is 0 Å². The van der Waals surface area contributed by atoms with E-state index in [-0.39, 0.29) is 6.09 Å². The molecule has 1 saturated carbocycles. The molecular formula is C15H29N3O2. The van der Waals surface area contributed by atoms with E-state index in [1.54, 1.807) is 0 Å². The van der Waals surface area contributed by atoms with E-state index >= 15 is 0 Å². The molecule has 0 spiro atoms. The van der Waals surface area contributed by atoms with Gasteiger partial charge in [-0.25, -0.2) is 4.79 Å². The Labute approximate surface area is 122 Å². The first-order valence-electron chi connectivity index (χ1n) is 7.75. The van der Waals surface area contributed by atoms with Crippen molar-refractivity contribution in [3.05, 3.63) is 0 Å². The fraction of sp³-hybridized carbons (Fsp3) is 0.933. The van der Waals surface area contributed by atoms with Gasteiger partial charge in [-0.1, -0.05) is 0 Å². The molecule has 1 saturated heterocycles. The van der Waals surface area contributed by atoms with Gasteiger partial charge in [-0.15, -0.1) is 0 Å². The number of alkyl carbamates (subject to hydrolysis) is 1. The number of hydrogen-bond acceptors (Lipinski definition) is 4. The lowest BCUT2D eigenvalue weighted by Crippen LogP contribution is -2.48. The summed E-state index contributed by atoms with van der Waals surface area (Å²) < 4.78 is 5.29. The van der Waals surface area contributed by atoms with Crippen LogP contribution < -0.4 is 10.6 Å². The molecular weight excluding hydrogens is 254 g/mol. The molecule has 1 amide bonds. The SMILES string of the molecule is CN1CCC(NC(CNC(=O)OC(C)(C)C)C2CC2)C1. The van der Waals surface area contributed by atoms with Crippen LogP contribution in [0.2, 0.25) is 0 Å². The molecule has 116 valence electrons. The van der Waals surface area contributed by atoms with Crippen molar-refractivity contribution < 1.29 is 9.53 Å². The van der Waals surface area contributed by atoms with E-state index in [4.69, 9.17) is 4.74 Å². The average molecular weight is 283 g/mol. The first-order chi connectivity index (χ1) is 9.33. The lowest BCUT2D eigenvalue weighted by molar-refractivity contribution is 0.0520. The molecule has 2 aliphatic rings. The number of likely N-dealkylation sites (tertiary alicyclic amines) is 1. The van der Waals surface area contributed by atoms with E-state index in [2.05, 4.69) is 22.6 Å². The van der Waals surface area contributed by atoms with Crippen molar-refractivity contribution in [3.63, 3.8) is 0 Å². The minimum atomic E-state index is -0.430. The number of likely N-dealkylation sites (N-methyl/N-ethyl adjacent to an activating group) is 1. The summed E-state index contributed by atoms with van der Waals surface area (Å²) in [6, 6.07) is 0.949. The molecule has 2 unspecified atom stereocenters. The summed E-state index contributed by atoms with van der Waals surface area (Å²) in [7, 11) is 2.16. The molecule has 1 heterocycles. The number of rotatable bonds is 5. The van der Waals surface area contributed by atoms with Crippen molar-refractivity contribution in [2.75, 3.05) is 26.7 Å². The van der Waals surface area contributed by atoms with Gasteiger partial charge in [-0.05, 0) is 59.5 Å². The van der Waals surface area contributed by atoms with Gasteiger partial charge in [0.05, 0.1) is 0 Å². The third-order valence-electron chi connectivity index (χ3n) is 3.90. The predicted octanol–water partition coefficient (Wildman–Crippen LogP) is 1.58. The molecule has 0 aromatic carbocycles. The number of carbonyl (C=O) groups excluding carboxylic acids is 1. The molecule has 2 atom stereocenters. The van der Waals surface area contributed by atoms with Gasteiger partial charge in [0.15, 0.2) is 0 Å². The molecule has 5 heteroatoms. The van der Waals surface area contributed by atoms with Gasteiger partial charge < -0.3 is 20.3 Å². The molecule has 0 radical (unpaired) electrons. The summed E-state index contributed by atoms with van der Waals surface area (Å²) in [6.45, 7) is 8.59. The maximum absolute atomic E-state index is 11.7. The van der Waals surface area contributed by atoms with E-state index in [1.807, 2.05) is 20.8 Å². The third kappa shape index (κ3) is 5.29. The highest BCUT2D eigenvalue weighted by atomic mass is 16.6. The van der Waals surface area contributed by atoms with E-state index in [0.717, 1.165) is 19.0 Å². The van der Waals surface area contributed by atoms with E-state index in [0.29, 0.717) is 18.6 Å². The molecule has 1 aliphatic carbocycles. The Bertz CT molecular complexity index is 337. The highest BCUT2D eigenvalue weighted by Gasteiger charge is 2.34. The molecule has 2 fully saturated rings. The second-order valence-electron chi connectivity index (χ2n) is 7.24. The number of hydrogen-bond donors (Lipinski definition) is 2. The average Bonchev–Trinajstić information content (AvgIpc) is 3.07. The second-order valence-corrected chi connectivity index (χ2v) is 7.24. The van der Waals surface area contributed by atoms with Crippen molar-refractivity contribution in [2.45, 2.75) is 57.7 Å². The fourth-order valence-corrected chi connectivity index (χ4v) is 2.74. The Morgan fingerprint density at radius 1 is 1.35 bits per heavy atom. The summed E-state index contributed by atoms with van der Waals surface area (Å²) in [5, 5.41) is 6.62. The monoisotopic (exact) mass is 283 g/mol. The van der Waals surface area contributed by atoms with Gasteiger partial charge in [-0.2, -0.15) is 0 Å². The van der Waals surface area contributed by atoms with Crippen molar-refractivity contribution in [2.24, 2.45) is 5.92 Å². The second kappa shape index (κ2) is 6.31. The lowest BCUT2D eigenvalue weighted by Gasteiger charge is -2.25. The van der Waals surface area contributed by atoms with Crippen LogP contribution in [0.15, 0.2) is 0 Å². The topological polar surface area (TPSA) is 53.6 Å². The largest absolute Gasteiger partial charge is 0.444 e. The summed E-state index contributed by atoms with van der Waals surface area (Å²) >= 11 is 0. The first-order valence-corrected chi connectivity index (χ1v) is 7.75. The zero-order chi connectivity index (χ0) is 14.8. The Balaban J connectivity index is 1.74. The zero-order valence-corrected chi connectivity index (χ0v) is 13.2. The van der Waals surface area contributed by atoms with Crippen molar-refractivity contribution in [1.82, 2.24) is 15.5 Å². The predicted molar refractivity (Wildman–Crippen MR) is 79.8 cm³/mol. The number of nitrogens with zero attached hydrogens (tertiary/aromatic N) is 1. The van der Waals surface area contributed by atoms with Crippen LogP contribution in [0, 0.1) is 5.92 Å². The summed E-state index contributed by atoms with van der Waals surface area (Å²) in [4.78, 5) is 14.1. The van der Waals surface area contributed by atoms with Gasteiger partial charge in [0.25, 0.3) is 0 Å². The first kappa shape index (κ1) is 15.6. The number of nitrogens with one attached hydrogen (secondary N) is 2. The molecule has 0 bridgehead atoms. The van der Waals surface area contributed by atoms with Crippen LogP contribution in [0.5, 0.6) is 0 Å². The Morgan fingerprint density at radius 2 is 2.05 bits per heavy atom. The Kier molecular flexibility index (Phi) is 4.91. The van der Waals surface area contributed by atoms with Gasteiger partial charge in [0.1, 0.15) is 5.60 Å². The van der Waals surface area contributed by atoms with E-state index in [9.17, 15) is 4.79 Å². The Hall–Kier alpha value is -0.810. The summed E-state index contributed by atoms with van der Waals surface area (Å²) in [5.41, 5.74) is -0.430. The summed E-state index contributed by atoms with van der Waals surface area (Å²) in [6.07, 6.45) is 3.44. The van der Waals surface area contributed by atoms with Gasteiger partial charge >= 0.3 is 6.09 Å². The van der Waals surface area contributed by atoms with Crippen LogP contribution in [-0.2, 0) is 4.74 Å². The van der Waals surface area contributed by atoms with Crippen LogP contribution >= 0.6 is 0 Å². The van der Waals surface area contributed by atoms with Crippen LogP contribution in [0.25, 0.3) is 0 Å². The van der Waals surface area contributed by atoms with Crippen molar-refractivity contribution in [1.29, 1.82) is 0 Å². The van der Waals surface area contributed by atoms with Crippen molar-refractivity contribution in [3.8, 4) is 0 Å². The maximum atomic E-state index is 11.7. The van der Waals surface area contributed by atoms with Crippen LogP contribution in [0.4, 0.5) is 4.79 Å². The highest BCUT2D eigenvalue weighted by Crippen LogP contribution is 2.33. The van der Waals surface area contributed by atoms with E-state index in [1.165, 1.54) is 19.3 Å². The van der Waals surface area contributed by atoms with Crippen LogP contribution in [0.1, 0.15) is 40.0 Å². The Morgan fingerprint density at radius 3 is 2.55 bits per heavy atom. The van der Waals surface area contributed by atoms with E-state index < -0.39 is 5.60 Å². The summed E-state index contributed by atoms with van der Waals surface area (Å²) in [5.74, 6) is 0.718.